The smallest absolute Gasteiger partial charge is 0.280 e. The highest BCUT2D eigenvalue weighted by molar-refractivity contribution is 6.32. The normalized spacial score (nSPS) is 15.0. The Labute approximate surface area is 145 Å². The first-order valence-corrected chi connectivity index (χ1v) is 7.62. The van der Waals surface area contributed by atoms with Crippen LogP contribution in [0.25, 0.3) is 5.70 Å². The van der Waals surface area contributed by atoms with Gasteiger partial charge in [-0.2, -0.15) is 5.10 Å². The van der Waals surface area contributed by atoms with Gasteiger partial charge in [0.25, 0.3) is 12.3 Å². The summed E-state index contributed by atoms with van der Waals surface area (Å²) < 4.78 is 27.7. The monoisotopic (exact) mass is 361 g/mol. The quantitative estimate of drug-likeness (QED) is 0.820. The number of hydrogen-bond acceptors (Lipinski definition) is 4. The third kappa shape index (κ3) is 2.80. The molecule has 0 fully saturated rings. The Bertz CT molecular complexity index is 969. The second kappa shape index (κ2) is 5.82. The van der Waals surface area contributed by atoms with Crippen LogP contribution in [0.3, 0.4) is 0 Å². The largest absolute Gasteiger partial charge is 0.339 e. The number of carbonyl (C=O) groups excluding carboxylic acids is 1. The number of amides is 1. The highest BCUT2D eigenvalue weighted by Crippen LogP contribution is 2.34. The fourth-order valence-electron chi connectivity index (χ4n) is 2.40. The minimum Gasteiger partial charge on any atom is -0.339 e. The number of nitrogens with one attached hydrogen (secondary N) is 2. The first-order valence-electron chi connectivity index (χ1n) is 7.24. The van der Waals surface area contributed by atoms with Gasteiger partial charge < -0.3 is 10.6 Å². The van der Waals surface area contributed by atoms with Gasteiger partial charge in [0.2, 0.25) is 0 Å². The molecule has 9 heteroatoms. The summed E-state index contributed by atoms with van der Waals surface area (Å²) in [5.41, 5.74) is 1.43. The molecule has 1 aliphatic carbocycles. The van der Waals surface area contributed by atoms with Crippen molar-refractivity contribution in [2.45, 2.75) is 6.43 Å². The number of halogens is 3. The number of anilines is 2. The first-order chi connectivity index (χ1) is 12.0. The Morgan fingerprint density at radius 2 is 2.16 bits per heavy atom. The zero-order chi connectivity index (χ0) is 17.6. The highest BCUT2D eigenvalue weighted by atomic mass is 35.5. The van der Waals surface area contributed by atoms with E-state index in [0.29, 0.717) is 11.4 Å². The molecule has 4 rings (SSSR count). The van der Waals surface area contributed by atoms with Gasteiger partial charge in [0.15, 0.2) is 5.15 Å². The van der Waals surface area contributed by atoms with Gasteiger partial charge in [-0.1, -0.05) is 23.8 Å². The van der Waals surface area contributed by atoms with E-state index in [9.17, 15) is 13.6 Å². The van der Waals surface area contributed by atoms with Crippen molar-refractivity contribution >= 4 is 34.7 Å². The topological polar surface area (TPSA) is 71.8 Å². The Kier molecular flexibility index (Phi) is 3.61. The fraction of sp³-hybridized carbons (Fsp3) is 0.0625. The molecule has 126 valence electrons. The van der Waals surface area contributed by atoms with Crippen LogP contribution in [0.15, 0.2) is 54.0 Å². The summed E-state index contributed by atoms with van der Waals surface area (Å²) in [7, 11) is 0. The lowest BCUT2D eigenvalue weighted by molar-refractivity contribution is 0.102. The van der Waals surface area contributed by atoms with E-state index in [4.69, 9.17) is 11.6 Å². The first kappa shape index (κ1) is 15.5. The van der Waals surface area contributed by atoms with Crippen LogP contribution in [0, 0.1) is 0 Å². The number of aromatic nitrogens is 3. The average molecular weight is 362 g/mol. The molecule has 0 unspecified atom stereocenters. The molecular weight excluding hydrogens is 352 g/mol. The molecule has 0 saturated carbocycles. The molecule has 0 aromatic carbocycles. The lowest BCUT2D eigenvalue weighted by atomic mass is 10.2. The number of pyridine rings is 1. The molecule has 0 radical (unpaired) electrons. The van der Waals surface area contributed by atoms with E-state index in [2.05, 4.69) is 20.7 Å². The predicted molar refractivity (Wildman–Crippen MR) is 89.5 cm³/mol. The molecular formula is C16H10ClF2N5O. The van der Waals surface area contributed by atoms with Crippen LogP contribution in [0.4, 0.5) is 20.3 Å². The second-order valence-electron chi connectivity index (χ2n) is 5.31. The SMILES string of the molecule is O=C(Nc1cccnc1Cl)c1cnn2c1NC(=C1C=C1)C=C2C(F)F. The Morgan fingerprint density at radius 1 is 1.36 bits per heavy atom. The van der Waals surface area contributed by atoms with Crippen LogP contribution in [0.1, 0.15) is 10.4 Å². The molecule has 1 amide bonds. The maximum absolute atomic E-state index is 13.3. The number of nitrogens with zero attached hydrogens (tertiary/aromatic N) is 3. The van der Waals surface area contributed by atoms with Crippen molar-refractivity contribution in [1.82, 2.24) is 14.8 Å². The van der Waals surface area contributed by atoms with Crippen LogP contribution in [0.2, 0.25) is 5.15 Å². The summed E-state index contributed by atoms with van der Waals surface area (Å²) in [6.45, 7) is 0. The Morgan fingerprint density at radius 3 is 2.84 bits per heavy atom. The summed E-state index contributed by atoms with van der Waals surface area (Å²) >= 11 is 5.92. The van der Waals surface area contributed by atoms with Gasteiger partial charge in [0, 0.05) is 11.9 Å². The van der Waals surface area contributed by atoms with E-state index in [1.54, 1.807) is 24.3 Å². The summed E-state index contributed by atoms with van der Waals surface area (Å²) in [6.07, 6.45) is 4.86. The van der Waals surface area contributed by atoms with E-state index >= 15 is 0 Å². The standard InChI is InChI=1S/C16H10ClF2N5O/c17-13-10(2-1-5-20-13)23-16(25)9-7-21-24-12(14(18)19)6-11(8-3-4-8)22-15(9)24/h1-7,14,22H,(H,23,25). The fourth-order valence-corrected chi connectivity index (χ4v) is 2.57. The molecule has 0 bridgehead atoms. The average Bonchev–Trinajstić information content (AvgIpc) is 3.35. The maximum Gasteiger partial charge on any atom is 0.280 e. The van der Waals surface area contributed by atoms with Crippen molar-refractivity contribution in [2.24, 2.45) is 0 Å². The van der Waals surface area contributed by atoms with Crippen molar-refractivity contribution in [3.05, 3.63) is 64.7 Å². The van der Waals surface area contributed by atoms with Crippen molar-refractivity contribution in [3.63, 3.8) is 0 Å². The van der Waals surface area contributed by atoms with Crippen LogP contribution in [-0.4, -0.2) is 27.1 Å². The van der Waals surface area contributed by atoms with Crippen molar-refractivity contribution < 1.29 is 13.6 Å². The number of alkyl halides is 2. The van der Waals surface area contributed by atoms with Crippen LogP contribution < -0.4 is 10.6 Å². The Hall–Kier alpha value is -3.00. The van der Waals surface area contributed by atoms with Gasteiger partial charge >= 0.3 is 0 Å². The minimum atomic E-state index is -2.74. The number of fused-ring (bicyclic) bond motifs is 1. The summed E-state index contributed by atoms with van der Waals surface area (Å²) in [4.78, 5) is 16.4. The van der Waals surface area contributed by atoms with Gasteiger partial charge in [-0.3, -0.25) is 4.79 Å². The third-order valence-corrected chi connectivity index (χ3v) is 3.98. The van der Waals surface area contributed by atoms with Crippen molar-refractivity contribution in [3.8, 4) is 0 Å². The lowest BCUT2D eigenvalue weighted by Gasteiger charge is -2.20. The van der Waals surface area contributed by atoms with E-state index in [-0.39, 0.29) is 22.2 Å². The third-order valence-electron chi connectivity index (χ3n) is 3.68. The summed E-state index contributed by atoms with van der Waals surface area (Å²) in [6, 6.07) is 3.20. The number of carbonyl (C=O) groups is 1. The minimum absolute atomic E-state index is 0.116. The van der Waals surface area contributed by atoms with Crippen molar-refractivity contribution in [1.29, 1.82) is 0 Å². The second-order valence-corrected chi connectivity index (χ2v) is 5.67. The van der Waals surface area contributed by atoms with Gasteiger partial charge in [-0.15, -0.1) is 0 Å². The molecule has 2 aromatic heterocycles. The van der Waals surface area contributed by atoms with Gasteiger partial charge in [-0.05, 0) is 23.8 Å². The molecule has 2 N–H and O–H groups in total. The molecule has 25 heavy (non-hydrogen) atoms. The number of rotatable bonds is 3. The lowest BCUT2D eigenvalue weighted by Crippen LogP contribution is -2.20. The zero-order valence-electron chi connectivity index (χ0n) is 12.5. The highest BCUT2D eigenvalue weighted by Gasteiger charge is 2.29. The Balaban J connectivity index is 1.70. The summed E-state index contributed by atoms with van der Waals surface area (Å²) in [5, 5.41) is 9.61. The van der Waals surface area contributed by atoms with Crippen LogP contribution in [-0.2, 0) is 0 Å². The van der Waals surface area contributed by atoms with Crippen LogP contribution >= 0.6 is 11.6 Å². The molecule has 2 aliphatic rings. The van der Waals surface area contributed by atoms with E-state index in [1.165, 1.54) is 18.5 Å². The van der Waals surface area contributed by atoms with E-state index in [0.717, 1.165) is 10.3 Å². The molecule has 3 heterocycles. The van der Waals surface area contributed by atoms with Gasteiger partial charge in [0.05, 0.1) is 11.9 Å². The number of hydrogen-bond donors (Lipinski definition) is 2. The number of allylic oxidation sites excluding steroid dienone is 5. The molecule has 2 aromatic rings. The molecule has 0 spiro atoms. The van der Waals surface area contributed by atoms with Gasteiger partial charge in [-0.25, -0.2) is 18.4 Å². The molecule has 0 saturated heterocycles. The zero-order valence-corrected chi connectivity index (χ0v) is 13.3. The van der Waals surface area contributed by atoms with Crippen molar-refractivity contribution in [2.75, 3.05) is 10.6 Å². The molecule has 6 nitrogen and oxygen atoms in total. The van der Waals surface area contributed by atoms with E-state index < -0.39 is 12.3 Å². The summed E-state index contributed by atoms with van der Waals surface area (Å²) in [5.74, 6) is -0.362. The maximum atomic E-state index is 13.3. The van der Waals surface area contributed by atoms with Gasteiger partial charge in [0.1, 0.15) is 17.1 Å². The molecule has 0 atom stereocenters. The predicted octanol–water partition coefficient (Wildman–Crippen LogP) is 3.54. The van der Waals surface area contributed by atoms with Crippen LogP contribution in [0.5, 0.6) is 0 Å². The molecule has 1 aliphatic heterocycles. The van der Waals surface area contributed by atoms with E-state index in [1.807, 2.05) is 0 Å².